The molecule has 0 saturated heterocycles. The maximum Gasteiger partial charge on any atom is 0.266 e. The van der Waals surface area contributed by atoms with Crippen molar-refractivity contribution in [3.63, 3.8) is 0 Å². The van der Waals surface area contributed by atoms with Crippen LogP contribution < -0.4 is 17.2 Å². The largest absolute Gasteiger partial charge is 0.393 e. The number of aromatic amines is 1. The Morgan fingerprint density at radius 1 is 1.46 bits per heavy atom. The highest BCUT2D eigenvalue weighted by Crippen LogP contribution is 2.25. The van der Waals surface area contributed by atoms with Crippen molar-refractivity contribution < 1.29 is 4.79 Å². The molecule has 1 rings (SSSR count). The average molecular weight is 201 g/mol. The standard InChI is InChI=1S/C7H9ClN4O/c8-4(5(9)7(11)13)3-1-2-12-6(3)10/h1-2,12H,9-10H2,(H2,11,13)/b5-4+. The second-order valence-electron chi connectivity index (χ2n) is 2.40. The Labute approximate surface area is 79.5 Å². The molecule has 0 aliphatic heterocycles. The second-order valence-corrected chi connectivity index (χ2v) is 2.77. The second kappa shape index (κ2) is 3.40. The van der Waals surface area contributed by atoms with E-state index in [9.17, 15) is 4.79 Å². The molecule has 1 amide bonds. The molecule has 1 aromatic rings. The molecule has 1 heterocycles. The van der Waals surface area contributed by atoms with E-state index in [-0.39, 0.29) is 10.7 Å². The molecular weight excluding hydrogens is 192 g/mol. The molecular formula is C7H9ClN4O. The summed E-state index contributed by atoms with van der Waals surface area (Å²) >= 11 is 5.75. The van der Waals surface area contributed by atoms with Crippen molar-refractivity contribution in [2.75, 3.05) is 5.73 Å². The molecule has 0 aromatic carbocycles. The first-order valence-corrected chi connectivity index (χ1v) is 3.80. The molecule has 13 heavy (non-hydrogen) atoms. The lowest BCUT2D eigenvalue weighted by molar-refractivity contribution is -0.114. The monoisotopic (exact) mass is 200 g/mol. The van der Waals surface area contributed by atoms with Gasteiger partial charge in [-0.2, -0.15) is 0 Å². The van der Waals surface area contributed by atoms with Gasteiger partial charge in [0, 0.05) is 11.8 Å². The number of hydrogen-bond acceptors (Lipinski definition) is 3. The first-order chi connectivity index (χ1) is 6.04. The molecule has 70 valence electrons. The molecule has 0 spiro atoms. The average Bonchev–Trinajstić information content (AvgIpc) is 2.48. The third kappa shape index (κ3) is 1.75. The molecule has 7 N–H and O–H groups in total. The zero-order chi connectivity index (χ0) is 10.0. The van der Waals surface area contributed by atoms with E-state index in [4.69, 9.17) is 28.8 Å². The minimum Gasteiger partial charge on any atom is -0.393 e. The third-order valence-electron chi connectivity index (χ3n) is 1.52. The van der Waals surface area contributed by atoms with Crippen molar-refractivity contribution in [1.82, 2.24) is 4.98 Å². The fraction of sp³-hybridized carbons (Fsp3) is 0. The molecule has 0 aliphatic rings. The van der Waals surface area contributed by atoms with Crippen LogP contribution in [0.1, 0.15) is 5.56 Å². The van der Waals surface area contributed by atoms with E-state index in [1.165, 1.54) is 0 Å². The number of hydrogen-bond donors (Lipinski definition) is 4. The molecule has 0 fully saturated rings. The number of anilines is 1. The van der Waals surface area contributed by atoms with E-state index >= 15 is 0 Å². The summed E-state index contributed by atoms with van der Waals surface area (Å²) < 4.78 is 0. The Bertz CT molecular complexity index is 368. The molecule has 0 unspecified atom stereocenters. The predicted octanol–water partition coefficient (Wildman–Crippen LogP) is -0.0517. The third-order valence-corrected chi connectivity index (χ3v) is 1.92. The number of aromatic nitrogens is 1. The lowest BCUT2D eigenvalue weighted by atomic mass is 10.2. The van der Waals surface area contributed by atoms with Crippen molar-refractivity contribution in [1.29, 1.82) is 0 Å². The highest BCUT2D eigenvalue weighted by atomic mass is 35.5. The Morgan fingerprint density at radius 2 is 2.08 bits per heavy atom. The summed E-state index contributed by atoms with van der Waals surface area (Å²) in [6.45, 7) is 0. The smallest absolute Gasteiger partial charge is 0.266 e. The Hall–Kier alpha value is -1.62. The van der Waals surface area contributed by atoms with Gasteiger partial charge in [-0.25, -0.2) is 0 Å². The van der Waals surface area contributed by atoms with Crippen LogP contribution in [0.5, 0.6) is 0 Å². The molecule has 0 atom stereocenters. The van der Waals surface area contributed by atoms with E-state index in [0.717, 1.165) is 0 Å². The Balaban J connectivity index is 3.17. The van der Waals surface area contributed by atoms with Gasteiger partial charge in [-0.05, 0) is 6.07 Å². The SMILES string of the molecule is NC(=O)/C(N)=C(\Cl)c1cc[nH]c1N. The fourth-order valence-corrected chi connectivity index (χ4v) is 1.08. The summed E-state index contributed by atoms with van der Waals surface area (Å²) in [5, 5.41) is 0.0613. The quantitative estimate of drug-likeness (QED) is 0.502. The van der Waals surface area contributed by atoms with E-state index in [0.29, 0.717) is 11.4 Å². The van der Waals surface area contributed by atoms with Gasteiger partial charge in [0.25, 0.3) is 5.91 Å². The number of carbonyl (C=O) groups excluding carboxylic acids is 1. The highest BCUT2D eigenvalue weighted by molar-refractivity contribution is 6.51. The van der Waals surface area contributed by atoms with Crippen LogP contribution >= 0.6 is 11.6 Å². The van der Waals surface area contributed by atoms with Crippen LogP contribution in [0.25, 0.3) is 5.03 Å². The van der Waals surface area contributed by atoms with Gasteiger partial charge >= 0.3 is 0 Å². The van der Waals surface area contributed by atoms with Gasteiger partial charge < -0.3 is 22.2 Å². The van der Waals surface area contributed by atoms with Crippen molar-refractivity contribution in [3.8, 4) is 0 Å². The number of rotatable bonds is 2. The number of nitrogens with one attached hydrogen (secondary N) is 1. The van der Waals surface area contributed by atoms with Crippen LogP contribution in [0, 0.1) is 0 Å². The van der Waals surface area contributed by atoms with Crippen LogP contribution in [-0.4, -0.2) is 10.9 Å². The molecule has 6 heteroatoms. The number of H-pyrrole nitrogens is 1. The lowest BCUT2D eigenvalue weighted by Gasteiger charge is -2.00. The normalized spacial score (nSPS) is 12.4. The van der Waals surface area contributed by atoms with Gasteiger partial charge in [-0.3, -0.25) is 4.79 Å². The van der Waals surface area contributed by atoms with E-state index in [2.05, 4.69) is 4.98 Å². The zero-order valence-electron chi connectivity index (χ0n) is 6.67. The van der Waals surface area contributed by atoms with Gasteiger partial charge in [0.05, 0.1) is 5.03 Å². The molecule has 0 saturated carbocycles. The maximum atomic E-state index is 10.7. The minimum absolute atomic E-state index is 0.0613. The topological polar surface area (TPSA) is 111 Å². The molecule has 5 nitrogen and oxygen atoms in total. The van der Waals surface area contributed by atoms with Crippen LogP contribution in [0.4, 0.5) is 5.82 Å². The van der Waals surface area contributed by atoms with Gasteiger partial charge in [0.2, 0.25) is 0 Å². The summed E-state index contributed by atoms with van der Waals surface area (Å²) in [5.41, 5.74) is 16.0. The number of primary amides is 1. The van der Waals surface area contributed by atoms with E-state index in [1.54, 1.807) is 12.3 Å². The summed E-state index contributed by atoms with van der Waals surface area (Å²) in [7, 11) is 0. The van der Waals surface area contributed by atoms with Crippen molar-refractivity contribution in [2.45, 2.75) is 0 Å². The number of nitrogen functional groups attached to an aromatic ring is 1. The highest BCUT2D eigenvalue weighted by Gasteiger charge is 2.11. The fourth-order valence-electron chi connectivity index (χ4n) is 0.827. The first kappa shape index (κ1) is 9.47. The van der Waals surface area contributed by atoms with Crippen molar-refractivity contribution in [3.05, 3.63) is 23.5 Å². The molecule has 0 radical (unpaired) electrons. The Kier molecular flexibility index (Phi) is 2.48. The van der Waals surface area contributed by atoms with Crippen LogP contribution in [0.3, 0.4) is 0 Å². The van der Waals surface area contributed by atoms with Crippen LogP contribution in [0.15, 0.2) is 18.0 Å². The maximum absolute atomic E-state index is 10.7. The number of amides is 1. The molecule has 1 aromatic heterocycles. The first-order valence-electron chi connectivity index (χ1n) is 3.42. The van der Waals surface area contributed by atoms with Gasteiger partial charge in [-0.1, -0.05) is 11.6 Å². The number of halogens is 1. The van der Waals surface area contributed by atoms with Gasteiger partial charge in [0.1, 0.15) is 11.5 Å². The summed E-state index contributed by atoms with van der Waals surface area (Å²) in [6.07, 6.45) is 1.58. The number of carbonyl (C=O) groups is 1. The van der Waals surface area contributed by atoms with E-state index in [1.807, 2.05) is 0 Å². The molecule has 0 bridgehead atoms. The minimum atomic E-state index is -0.773. The van der Waals surface area contributed by atoms with Crippen LogP contribution in [-0.2, 0) is 4.79 Å². The molecule has 0 aliphatic carbocycles. The summed E-state index contributed by atoms with van der Waals surface area (Å²) in [4.78, 5) is 13.3. The summed E-state index contributed by atoms with van der Waals surface area (Å²) in [6, 6.07) is 1.60. The zero-order valence-corrected chi connectivity index (χ0v) is 7.43. The lowest BCUT2D eigenvalue weighted by Crippen LogP contribution is -2.21. The van der Waals surface area contributed by atoms with Gasteiger partial charge in [-0.15, -0.1) is 0 Å². The van der Waals surface area contributed by atoms with Gasteiger partial charge in [0.15, 0.2) is 0 Å². The van der Waals surface area contributed by atoms with E-state index < -0.39 is 5.91 Å². The van der Waals surface area contributed by atoms with Crippen LogP contribution in [0.2, 0.25) is 0 Å². The van der Waals surface area contributed by atoms with Crippen molar-refractivity contribution in [2.24, 2.45) is 11.5 Å². The predicted molar refractivity (Wildman–Crippen MR) is 51.4 cm³/mol. The summed E-state index contributed by atoms with van der Waals surface area (Å²) in [5.74, 6) is -0.431. The van der Waals surface area contributed by atoms with Crippen molar-refractivity contribution >= 4 is 28.4 Å². The Morgan fingerprint density at radius 3 is 2.46 bits per heavy atom. The number of nitrogens with two attached hydrogens (primary N) is 3.